The number of benzene rings is 2. The van der Waals surface area contributed by atoms with E-state index in [0.29, 0.717) is 64.2 Å². The van der Waals surface area contributed by atoms with Gasteiger partial charge in [-0.15, -0.1) is 0 Å². The lowest BCUT2D eigenvalue weighted by molar-refractivity contribution is -0.143. The third-order valence-electron chi connectivity index (χ3n) is 10.7. The minimum Gasteiger partial charge on any atom is -0.480 e. The first-order valence-corrected chi connectivity index (χ1v) is 17.5. The molecule has 2 aromatic carbocycles. The Labute approximate surface area is 290 Å². The number of nitrogens with one attached hydrogen (secondary N) is 1. The highest BCUT2D eigenvalue weighted by Crippen LogP contribution is 2.32. The van der Waals surface area contributed by atoms with Crippen molar-refractivity contribution in [1.29, 1.82) is 0 Å². The second-order valence-corrected chi connectivity index (χ2v) is 13.9. The lowest BCUT2D eigenvalue weighted by Crippen LogP contribution is -2.55. The molecule has 1 atom stereocenters. The molecule has 4 aliphatic heterocycles. The Morgan fingerprint density at radius 3 is 2.18 bits per heavy atom. The monoisotopic (exact) mass is 698 g/mol. The van der Waals surface area contributed by atoms with E-state index in [9.17, 15) is 32.3 Å². The van der Waals surface area contributed by atoms with Gasteiger partial charge in [-0.2, -0.15) is 13.2 Å². The van der Waals surface area contributed by atoms with Crippen LogP contribution in [0.25, 0.3) is 0 Å². The van der Waals surface area contributed by atoms with Crippen LogP contribution in [0, 0.1) is 5.92 Å². The second-order valence-electron chi connectivity index (χ2n) is 13.9. The molecular formula is C36H45F3N6O5. The number of piperazine rings is 1. The Kier molecular flexibility index (Phi) is 11.0. The van der Waals surface area contributed by atoms with E-state index in [2.05, 4.69) is 10.2 Å². The van der Waals surface area contributed by atoms with Crippen LogP contribution in [0.4, 0.5) is 23.7 Å². The first-order valence-electron chi connectivity index (χ1n) is 17.5. The van der Waals surface area contributed by atoms with Gasteiger partial charge in [-0.3, -0.25) is 24.2 Å². The second kappa shape index (κ2) is 15.4. The molecule has 0 saturated carbocycles. The summed E-state index contributed by atoms with van der Waals surface area (Å²) in [7, 11) is 0. The van der Waals surface area contributed by atoms with E-state index in [-0.39, 0.29) is 49.3 Å². The number of urea groups is 1. The van der Waals surface area contributed by atoms with Gasteiger partial charge in [0.1, 0.15) is 0 Å². The number of para-hydroxylation sites is 1. The van der Waals surface area contributed by atoms with E-state index in [1.54, 1.807) is 15.9 Å². The predicted octanol–water partition coefficient (Wildman–Crippen LogP) is 3.99. The molecule has 11 nitrogen and oxygen atoms in total. The number of hydrogen-bond acceptors (Lipinski definition) is 6. The maximum atomic E-state index is 14.0. The van der Waals surface area contributed by atoms with E-state index >= 15 is 0 Å². The van der Waals surface area contributed by atoms with Crippen LogP contribution in [0.5, 0.6) is 0 Å². The van der Waals surface area contributed by atoms with Gasteiger partial charge in [0, 0.05) is 83.1 Å². The molecule has 14 heteroatoms. The lowest BCUT2D eigenvalue weighted by Gasteiger charge is -2.43. The summed E-state index contributed by atoms with van der Waals surface area (Å²) in [6.45, 7) is 5.18. The number of nitrogens with zero attached hydrogens (tertiary/aromatic N) is 5. The molecule has 2 N–H and O–H groups in total. The molecule has 3 fully saturated rings. The number of hydrogen-bond donors (Lipinski definition) is 2. The zero-order valence-corrected chi connectivity index (χ0v) is 28.1. The van der Waals surface area contributed by atoms with Gasteiger partial charge in [-0.1, -0.05) is 36.4 Å². The van der Waals surface area contributed by atoms with E-state index < -0.39 is 23.6 Å². The Morgan fingerprint density at radius 1 is 0.840 bits per heavy atom. The molecule has 0 aliphatic carbocycles. The minimum atomic E-state index is -4.52. The Morgan fingerprint density at radius 2 is 1.50 bits per heavy atom. The number of halogens is 3. The Hall–Kier alpha value is -4.17. The van der Waals surface area contributed by atoms with Gasteiger partial charge in [-0.25, -0.2) is 4.79 Å². The van der Waals surface area contributed by atoms with Gasteiger partial charge < -0.3 is 25.1 Å². The van der Waals surface area contributed by atoms with Crippen LogP contribution >= 0.6 is 0 Å². The van der Waals surface area contributed by atoms with Crippen molar-refractivity contribution in [2.45, 2.75) is 63.3 Å². The van der Waals surface area contributed by atoms with Crippen LogP contribution in [-0.4, -0.2) is 124 Å². The van der Waals surface area contributed by atoms with E-state index in [0.717, 1.165) is 49.3 Å². The number of carbonyl (C=O) groups excluding carboxylic acids is 3. The highest BCUT2D eigenvalue weighted by Gasteiger charge is 2.37. The fourth-order valence-electron chi connectivity index (χ4n) is 7.88. The van der Waals surface area contributed by atoms with Crippen LogP contribution in [0.2, 0.25) is 0 Å². The van der Waals surface area contributed by atoms with Crippen molar-refractivity contribution in [3.63, 3.8) is 0 Å². The molecule has 0 aromatic heterocycles. The molecule has 4 aliphatic rings. The molecule has 0 radical (unpaired) electrons. The number of rotatable bonds is 9. The predicted molar refractivity (Wildman–Crippen MR) is 179 cm³/mol. The largest absolute Gasteiger partial charge is 0.480 e. The summed E-state index contributed by atoms with van der Waals surface area (Å²) >= 11 is 0. The summed E-state index contributed by atoms with van der Waals surface area (Å²) in [6, 6.07) is 12.7. The standard InChI is InChI=1S/C36H45F3N6O5/c37-36(38,39)28-6-3-4-25(21-28)20-27(34(49)44-14-8-29(9-15-44)42-18-16-41(17-19-42)24-33(47)48)22-32(46)43-12-10-30(11-13-43)45-23-26-5-1-2-7-31(26)40-35(45)50/h1-7,21,27,29-30H,8-20,22-24H2,(H,40,50)(H,47,48). The molecule has 4 amide bonds. The lowest BCUT2D eigenvalue weighted by atomic mass is 9.91. The highest BCUT2D eigenvalue weighted by atomic mass is 19.4. The van der Waals surface area contributed by atoms with E-state index in [1.807, 2.05) is 34.1 Å². The molecule has 0 bridgehead atoms. The fourth-order valence-corrected chi connectivity index (χ4v) is 7.88. The summed E-state index contributed by atoms with van der Waals surface area (Å²) in [4.78, 5) is 61.2. The molecule has 6 rings (SSSR count). The number of amides is 4. The topological polar surface area (TPSA) is 117 Å². The molecule has 50 heavy (non-hydrogen) atoms. The van der Waals surface area contributed by atoms with Crippen LogP contribution in [0.1, 0.15) is 48.8 Å². The first-order chi connectivity index (χ1) is 23.9. The normalized spacial score (nSPS) is 20.7. The Balaban J connectivity index is 1.07. The Bertz CT molecular complexity index is 1550. The fraction of sp³-hybridized carbons (Fsp3) is 0.556. The van der Waals surface area contributed by atoms with Crippen molar-refractivity contribution in [2.24, 2.45) is 5.92 Å². The summed E-state index contributed by atoms with van der Waals surface area (Å²) < 4.78 is 40.6. The number of fused-ring (bicyclic) bond motifs is 1. The summed E-state index contributed by atoms with van der Waals surface area (Å²) in [5.41, 5.74) is 1.40. The third-order valence-corrected chi connectivity index (χ3v) is 10.7. The van der Waals surface area contributed by atoms with E-state index in [1.165, 1.54) is 6.07 Å². The summed E-state index contributed by atoms with van der Waals surface area (Å²) in [5.74, 6) is -2.09. The quantitative estimate of drug-likeness (QED) is 0.407. The van der Waals surface area contributed by atoms with Gasteiger partial charge in [0.2, 0.25) is 11.8 Å². The number of piperidine rings is 2. The third kappa shape index (κ3) is 8.58. The van der Waals surface area contributed by atoms with Crippen LogP contribution < -0.4 is 5.32 Å². The van der Waals surface area contributed by atoms with Crippen LogP contribution in [-0.2, 0) is 33.5 Å². The van der Waals surface area contributed by atoms with Crippen molar-refractivity contribution in [1.82, 2.24) is 24.5 Å². The number of alkyl halides is 3. The average molecular weight is 699 g/mol. The number of aliphatic carboxylic acids is 1. The molecular weight excluding hydrogens is 653 g/mol. The number of carboxylic acid groups (broad SMARTS) is 1. The average Bonchev–Trinajstić information content (AvgIpc) is 3.11. The molecule has 2 aromatic rings. The number of carboxylic acids is 1. The summed E-state index contributed by atoms with van der Waals surface area (Å²) in [6.07, 6.45) is -1.97. The number of anilines is 1. The molecule has 3 saturated heterocycles. The van der Waals surface area contributed by atoms with Crippen molar-refractivity contribution >= 4 is 29.5 Å². The zero-order valence-electron chi connectivity index (χ0n) is 28.1. The number of carbonyl (C=O) groups is 4. The maximum absolute atomic E-state index is 14.0. The zero-order chi connectivity index (χ0) is 35.4. The van der Waals surface area contributed by atoms with Crippen LogP contribution in [0.3, 0.4) is 0 Å². The number of likely N-dealkylation sites (tertiary alicyclic amines) is 2. The molecule has 4 heterocycles. The maximum Gasteiger partial charge on any atom is 0.416 e. The van der Waals surface area contributed by atoms with Crippen molar-refractivity contribution in [3.05, 3.63) is 65.2 Å². The van der Waals surface area contributed by atoms with Gasteiger partial charge >= 0.3 is 18.2 Å². The molecule has 0 spiro atoms. The van der Waals surface area contributed by atoms with Crippen molar-refractivity contribution in [2.75, 3.05) is 64.2 Å². The summed E-state index contributed by atoms with van der Waals surface area (Å²) in [5, 5.41) is 12.0. The SMILES string of the molecule is O=C(O)CN1CCN(C2CCN(C(=O)C(CC(=O)N3CCC(N4Cc5ccccc5NC4=O)CC3)Cc3cccc(C(F)(F)F)c3)CC2)CC1. The van der Waals surface area contributed by atoms with Gasteiger partial charge in [0.15, 0.2) is 0 Å². The van der Waals surface area contributed by atoms with Crippen molar-refractivity contribution < 1.29 is 37.5 Å². The minimum absolute atomic E-state index is 0.0176. The van der Waals surface area contributed by atoms with Crippen molar-refractivity contribution in [3.8, 4) is 0 Å². The highest BCUT2D eigenvalue weighted by molar-refractivity contribution is 5.92. The first kappa shape index (κ1) is 35.6. The van der Waals surface area contributed by atoms with E-state index in [4.69, 9.17) is 5.11 Å². The molecule has 1 unspecified atom stereocenters. The van der Waals surface area contributed by atoms with Gasteiger partial charge in [0.05, 0.1) is 18.0 Å². The smallest absolute Gasteiger partial charge is 0.416 e. The molecule has 270 valence electrons. The van der Waals surface area contributed by atoms with Gasteiger partial charge in [0.25, 0.3) is 0 Å². The van der Waals surface area contributed by atoms with Gasteiger partial charge in [-0.05, 0) is 55.4 Å². The van der Waals surface area contributed by atoms with Crippen LogP contribution in [0.15, 0.2) is 48.5 Å².